The summed E-state index contributed by atoms with van der Waals surface area (Å²) in [5.41, 5.74) is -1.23. The number of ether oxygens (including phenoxy) is 1. The van der Waals surface area contributed by atoms with E-state index >= 15 is 0 Å². The van der Waals surface area contributed by atoms with Crippen molar-refractivity contribution in [1.82, 2.24) is 4.90 Å². The van der Waals surface area contributed by atoms with Crippen LogP contribution in [0.3, 0.4) is 0 Å². The van der Waals surface area contributed by atoms with Gasteiger partial charge in [-0.15, -0.1) is 0 Å². The number of hydrogen-bond donors (Lipinski definition) is 1. The van der Waals surface area contributed by atoms with Gasteiger partial charge in [0.2, 0.25) is 0 Å². The highest BCUT2D eigenvalue weighted by molar-refractivity contribution is 5.82. The van der Waals surface area contributed by atoms with Crippen LogP contribution in [-0.2, 0) is 14.3 Å². The summed E-state index contributed by atoms with van der Waals surface area (Å²) in [6.45, 7) is 2.94. The minimum absolute atomic E-state index is 0.0119. The predicted molar refractivity (Wildman–Crippen MR) is 60.2 cm³/mol. The molecule has 0 rings (SSSR count). The van der Waals surface area contributed by atoms with Crippen LogP contribution in [0.15, 0.2) is 0 Å². The molecule has 0 bridgehead atoms. The Balaban J connectivity index is 4.86. The molecule has 0 saturated carbocycles. The number of hydrogen-bond acceptors (Lipinski definition) is 4. The van der Waals surface area contributed by atoms with Gasteiger partial charge in [-0.1, -0.05) is 0 Å². The van der Waals surface area contributed by atoms with Crippen LogP contribution >= 0.6 is 0 Å². The zero-order chi connectivity index (χ0) is 15.3. The van der Waals surface area contributed by atoms with E-state index < -0.39 is 30.2 Å². The van der Waals surface area contributed by atoms with E-state index in [1.807, 2.05) is 0 Å². The molecule has 0 radical (unpaired) electrons. The van der Waals surface area contributed by atoms with E-state index in [4.69, 9.17) is 9.84 Å². The molecular formula is C11H18F3NO4. The molecule has 0 aromatic rings. The van der Waals surface area contributed by atoms with E-state index in [0.29, 0.717) is 4.90 Å². The molecule has 0 saturated heterocycles. The first kappa shape index (κ1) is 17.7. The Bertz CT molecular complexity index is 328. The number of amides is 1. The van der Waals surface area contributed by atoms with Gasteiger partial charge in [0.15, 0.2) is 0 Å². The Morgan fingerprint density at radius 3 is 2.16 bits per heavy atom. The quantitative estimate of drug-likeness (QED) is 0.742. The summed E-state index contributed by atoms with van der Waals surface area (Å²) in [4.78, 5) is 22.6. The highest BCUT2D eigenvalue weighted by atomic mass is 19.4. The van der Waals surface area contributed by atoms with Crippen LogP contribution in [-0.4, -0.2) is 53.4 Å². The van der Waals surface area contributed by atoms with Gasteiger partial charge in [-0.05, 0) is 20.3 Å². The van der Waals surface area contributed by atoms with Gasteiger partial charge in [-0.25, -0.2) is 0 Å². The molecule has 112 valence electrons. The second kappa shape index (κ2) is 6.74. The molecular weight excluding hydrogens is 267 g/mol. The lowest BCUT2D eigenvalue weighted by molar-refractivity contribution is -0.189. The van der Waals surface area contributed by atoms with E-state index in [9.17, 15) is 22.8 Å². The van der Waals surface area contributed by atoms with E-state index in [2.05, 4.69) is 0 Å². The highest BCUT2D eigenvalue weighted by Crippen LogP contribution is 2.21. The number of rotatable bonds is 6. The molecule has 1 N–H and O–H groups in total. The monoisotopic (exact) mass is 285 g/mol. The van der Waals surface area contributed by atoms with Gasteiger partial charge < -0.3 is 14.7 Å². The average Bonchev–Trinajstić information content (AvgIpc) is 2.19. The maximum Gasteiger partial charge on any atom is 0.471 e. The number of halogens is 3. The fourth-order valence-electron chi connectivity index (χ4n) is 1.57. The maximum absolute atomic E-state index is 12.4. The van der Waals surface area contributed by atoms with Crippen LogP contribution in [0, 0.1) is 0 Å². The molecule has 0 aliphatic carbocycles. The average molecular weight is 285 g/mol. The predicted octanol–water partition coefficient (Wildman–Crippen LogP) is 1.10. The van der Waals surface area contributed by atoms with Crippen molar-refractivity contribution in [1.29, 1.82) is 0 Å². The van der Waals surface area contributed by atoms with E-state index in [0.717, 1.165) is 6.92 Å². The Morgan fingerprint density at radius 2 is 1.79 bits per heavy atom. The second-order valence-corrected chi connectivity index (χ2v) is 4.65. The number of nitrogens with zero attached hydrogens (tertiary/aromatic N) is 1. The second-order valence-electron chi connectivity index (χ2n) is 4.65. The van der Waals surface area contributed by atoms with Gasteiger partial charge in [0.1, 0.15) is 5.60 Å². The topological polar surface area (TPSA) is 66.8 Å². The number of alkyl halides is 3. The first-order valence-corrected chi connectivity index (χ1v) is 5.66. The van der Waals surface area contributed by atoms with Gasteiger partial charge >= 0.3 is 18.1 Å². The van der Waals surface area contributed by atoms with Crippen molar-refractivity contribution in [3.05, 3.63) is 0 Å². The Labute approximate surface area is 109 Å². The number of aliphatic hydroxyl groups excluding tert-OH is 1. The summed E-state index contributed by atoms with van der Waals surface area (Å²) >= 11 is 0. The first-order valence-electron chi connectivity index (χ1n) is 5.66. The van der Waals surface area contributed by atoms with Crippen LogP contribution < -0.4 is 0 Å². The van der Waals surface area contributed by atoms with E-state index in [-0.39, 0.29) is 19.6 Å². The molecule has 19 heavy (non-hydrogen) atoms. The van der Waals surface area contributed by atoms with Gasteiger partial charge in [0.25, 0.3) is 0 Å². The molecule has 0 aliphatic rings. The fraction of sp³-hybridized carbons (Fsp3) is 0.818. The first-order chi connectivity index (χ1) is 8.49. The summed E-state index contributed by atoms with van der Waals surface area (Å²) in [6, 6.07) is 0. The molecule has 8 heteroatoms. The normalized spacial score (nSPS) is 12.2. The van der Waals surface area contributed by atoms with Crippen LogP contribution in [0.1, 0.15) is 27.2 Å². The smallest absolute Gasteiger partial charge is 0.458 e. The number of aliphatic hydroxyl groups is 1. The molecule has 5 nitrogen and oxygen atoms in total. The third-order valence-electron chi connectivity index (χ3n) is 2.11. The summed E-state index contributed by atoms with van der Waals surface area (Å²) in [5, 5.41) is 8.64. The maximum atomic E-state index is 12.4. The fourth-order valence-corrected chi connectivity index (χ4v) is 1.57. The number of esters is 1. The third kappa shape index (κ3) is 7.00. The van der Waals surface area contributed by atoms with Gasteiger partial charge in [-0.3, -0.25) is 9.59 Å². The Hall–Kier alpha value is -1.31. The number of carbonyl (C=O) groups is 2. The number of carbonyl (C=O) groups excluding carboxylic acids is 2. The van der Waals surface area contributed by atoms with Gasteiger partial charge in [0, 0.05) is 20.1 Å². The van der Waals surface area contributed by atoms with E-state index in [1.165, 1.54) is 13.8 Å². The highest BCUT2D eigenvalue weighted by Gasteiger charge is 2.43. The van der Waals surface area contributed by atoms with Crippen molar-refractivity contribution in [3.63, 3.8) is 0 Å². The molecule has 0 heterocycles. The lowest BCUT2D eigenvalue weighted by Gasteiger charge is -2.32. The van der Waals surface area contributed by atoms with Crippen LogP contribution in [0.25, 0.3) is 0 Å². The van der Waals surface area contributed by atoms with Crippen molar-refractivity contribution < 1.29 is 32.6 Å². The molecule has 0 spiro atoms. The van der Waals surface area contributed by atoms with Crippen molar-refractivity contribution >= 4 is 11.9 Å². The van der Waals surface area contributed by atoms with Crippen molar-refractivity contribution in [3.8, 4) is 0 Å². The molecule has 0 unspecified atom stereocenters. The molecule has 0 aliphatic heterocycles. The third-order valence-corrected chi connectivity index (χ3v) is 2.11. The minimum atomic E-state index is -5.00. The summed E-state index contributed by atoms with van der Waals surface area (Å²) in [6.07, 6.45) is -4.99. The van der Waals surface area contributed by atoms with Crippen LogP contribution in [0.2, 0.25) is 0 Å². The zero-order valence-corrected chi connectivity index (χ0v) is 11.1. The molecule has 0 aromatic carbocycles. The molecule has 0 atom stereocenters. The summed E-state index contributed by atoms with van der Waals surface area (Å²) < 4.78 is 42.1. The summed E-state index contributed by atoms with van der Waals surface area (Å²) in [5.74, 6) is -2.66. The molecule has 0 fully saturated rings. The molecule has 0 aromatic heterocycles. The van der Waals surface area contributed by atoms with Gasteiger partial charge in [0.05, 0.1) is 6.54 Å². The lowest BCUT2D eigenvalue weighted by atomic mass is 10.1. The summed E-state index contributed by atoms with van der Waals surface area (Å²) in [7, 11) is 0. The van der Waals surface area contributed by atoms with E-state index in [1.54, 1.807) is 0 Å². The van der Waals surface area contributed by atoms with Crippen molar-refractivity contribution in [2.45, 2.75) is 39.0 Å². The van der Waals surface area contributed by atoms with Crippen LogP contribution in [0.4, 0.5) is 13.2 Å². The SMILES string of the molecule is CC(=O)OC(C)(C)CN(CCCO)C(=O)C(F)(F)F. The minimum Gasteiger partial charge on any atom is -0.458 e. The van der Waals surface area contributed by atoms with Crippen LogP contribution in [0.5, 0.6) is 0 Å². The Morgan fingerprint density at radius 1 is 1.26 bits per heavy atom. The lowest BCUT2D eigenvalue weighted by Crippen LogP contribution is -2.49. The largest absolute Gasteiger partial charge is 0.471 e. The van der Waals surface area contributed by atoms with Gasteiger partial charge in [-0.2, -0.15) is 13.2 Å². The molecule has 1 amide bonds. The van der Waals surface area contributed by atoms with Crippen molar-refractivity contribution in [2.24, 2.45) is 0 Å². The zero-order valence-electron chi connectivity index (χ0n) is 11.1. The van der Waals surface area contributed by atoms with Crippen molar-refractivity contribution in [2.75, 3.05) is 19.7 Å². The standard InChI is InChI=1S/C11H18F3NO4/c1-8(17)19-10(2,3)7-15(5-4-6-16)9(18)11(12,13)14/h16H,4-7H2,1-3H3. The Kier molecular flexibility index (Phi) is 6.28.